The zero-order valence-electron chi connectivity index (χ0n) is 14.3. The highest BCUT2D eigenvalue weighted by atomic mass is 127. The second-order valence-corrected chi connectivity index (χ2v) is 5.91. The molecule has 0 fully saturated rings. The maximum atomic E-state index is 5.20. The number of hydrogen-bond donors (Lipinski definition) is 2. The van der Waals surface area contributed by atoms with E-state index in [1.807, 2.05) is 0 Å². The summed E-state index contributed by atoms with van der Waals surface area (Å²) in [6, 6.07) is 0. The van der Waals surface area contributed by atoms with E-state index in [0.717, 1.165) is 37.2 Å². The Kier molecular flexibility index (Phi) is 11.2. The second kappa shape index (κ2) is 11.7. The number of aliphatic imine (C=N–C) groups is 1. The third-order valence-electron chi connectivity index (χ3n) is 3.11. The summed E-state index contributed by atoms with van der Waals surface area (Å²) >= 11 is 0. The molecule has 1 rings (SSSR count). The van der Waals surface area contributed by atoms with E-state index in [2.05, 4.69) is 53.5 Å². The van der Waals surface area contributed by atoms with Gasteiger partial charge in [0, 0.05) is 32.5 Å². The molecule has 0 aliphatic heterocycles. The minimum atomic E-state index is 0. The zero-order valence-corrected chi connectivity index (χ0v) is 16.7. The highest BCUT2D eigenvalue weighted by Gasteiger charge is 2.09. The summed E-state index contributed by atoms with van der Waals surface area (Å²) in [6.45, 7) is 10.2. The van der Waals surface area contributed by atoms with Gasteiger partial charge in [0.25, 0.3) is 0 Å². The molecule has 1 heterocycles. The molecule has 0 aliphatic rings. The summed E-state index contributed by atoms with van der Waals surface area (Å²) in [5.41, 5.74) is 0. The van der Waals surface area contributed by atoms with Gasteiger partial charge in [0.2, 0.25) is 5.89 Å². The molecule has 6 nitrogen and oxygen atoms in total. The van der Waals surface area contributed by atoms with E-state index in [4.69, 9.17) is 4.52 Å². The average molecular weight is 423 g/mol. The Balaban J connectivity index is 0.00000441. The summed E-state index contributed by atoms with van der Waals surface area (Å²) in [5.74, 6) is 3.30. The molecule has 0 atom stereocenters. The molecule has 0 saturated heterocycles. The number of rotatable bonds is 8. The lowest BCUT2D eigenvalue weighted by Crippen LogP contribution is -2.38. The van der Waals surface area contributed by atoms with Crippen LogP contribution in [0.2, 0.25) is 0 Å². The molecule has 0 radical (unpaired) electrons. The van der Waals surface area contributed by atoms with Crippen LogP contribution in [-0.2, 0) is 6.42 Å². The third-order valence-corrected chi connectivity index (χ3v) is 3.11. The number of nitrogens with zero attached hydrogens (tertiary/aromatic N) is 3. The normalized spacial score (nSPS) is 11.7. The Labute approximate surface area is 150 Å². The van der Waals surface area contributed by atoms with Gasteiger partial charge in [-0.15, -0.1) is 24.0 Å². The molecule has 0 unspecified atom stereocenters. The second-order valence-electron chi connectivity index (χ2n) is 5.91. The van der Waals surface area contributed by atoms with E-state index in [9.17, 15) is 0 Å². The Morgan fingerprint density at radius 1 is 1.18 bits per heavy atom. The number of nitrogens with one attached hydrogen (secondary N) is 2. The molecule has 7 heteroatoms. The van der Waals surface area contributed by atoms with Gasteiger partial charge in [-0.2, -0.15) is 4.98 Å². The first kappa shape index (κ1) is 21.1. The van der Waals surface area contributed by atoms with Crippen molar-refractivity contribution in [2.45, 2.75) is 52.9 Å². The molecule has 0 amide bonds. The van der Waals surface area contributed by atoms with Crippen LogP contribution >= 0.6 is 24.0 Å². The lowest BCUT2D eigenvalue weighted by molar-refractivity contribution is 0.371. The summed E-state index contributed by atoms with van der Waals surface area (Å²) in [6.07, 6.45) is 3.08. The number of hydrogen-bond acceptors (Lipinski definition) is 4. The van der Waals surface area contributed by atoms with Crippen LogP contribution in [0.1, 0.15) is 58.2 Å². The van der Waals surface area contributed by atoms with Gasteiger partial charge in [-0.25, -0.2) is 0 Å². The van der Waals surface area contributed by atoms with E-state index < -0.39 is 0 Å². The first-order valence-electron chi connectivity index (χ1n) is 7.80. The molecule has 0 spiro atoms. The first-order chi connectivity index (χ1) is 10.0. The van der Waals surface area contributed by atoms with Crippen molar-refractivity contribution in [3.63, 3.8) is 0 Å². The predicted octanol–water partition coefficient (Wildman–Crippen LogP) is 2.95. The fraction of sp³-hybridized carbons (Fsp3) is 0.800. The minimum Gasteiger partial charge on any atom is -0.356 e. The van der Waals surface area contributed by atoms with Crippen molar-refractivity contribution in [2.75, 3.05) is 20.1 Å². The maximum absolute atomic E-state index is 5.20. The van der Waals surface area contributed by atoms with Crippen molar-refractivity contribution >= 4 is 29.9 Å². The molecular weight excluding hydrogens is 393 g/mol. The molecule has 0 bridgehead atoms. The lowest BCUT2D eigenvalue weighted by Gasteiger charge is -2.11. The maximum Gasteiger partial charge on any atom is 0.228 e. The van der Waals surface area contributed by atoms with Crippen LogP contribution in [0.5, 0.6) is 0 Å². The van der Waals surface area contributed by atoms with E-state index in [1.165, 1.54) is 6.42 Å². The van der Waals surface area contributed by atoms with Gasteiger partial charge >= 0.3 is 0 Å². The van der Waals surface area contributed by atoms with Crippen LogP contribution in [-0.4, -0.2) is 36.2 Å². The third kappa shape index (κ3) is 8.55. The molecule has 1 aromatic heterocycles. The van der Waals surface area contributed by atoms with Crippen LogP contribution in [0.25, 0.3) is 0 Å². The molecule has 0 aliphatic carbocycles. The Hall–Kier alpha value is -0.860. The summed E-state index contributed by atoms with van der Waals surface area (Å²) in [5, 5.41) is 10.5. The smallest absolute Gasteiger partial charge is 0.228 e. The van der Waals surface area contributed by atoms with Crippen molar-refractivity contribution in [3.05, 3.63) is 11.7 Å². The molecule has 0 saturated carbocycles. The summed E-state index contributed by atoms with van der Waals surface area (Å²) in [7, 11) is 1.78. The van der Waals surface area contributed by atoms with Gasteiger partial charge in [-0.05, 0) is 18.8 Å². The van der Waals surface area contributed by atoms with Crippen molar-refractivity contribution in [1.82, 2.24) is 20.8 Å². The van der Waals surface area contributed by atoms with Crippen molar-refractivity contribution in [2.24, 2.45) is 10.9 Å². The zero-order chi connectivity index (χ0) is 15.7. The van der Waals surface area contributed by atoms with E-state index in [0.29, 0.717) is 18.2 Å². The fourth-order valence-electron chi connectivity index (χ4n) is 1.83. The monoisotopic (exact) mass is 423 g/mol. The Bertz CT molecular complexity index is 431. The van der Waals surface area contributed by atoms with Gasteiger partial charge in [0.15, 0.2) is 11.8 Å². The van der Waals surface area contributed by atoms with Gasteiger partial charge in [-0.1, -0.05) is 32.9 Å². The highest BCUT2D eigenvalue weighted by molar-refractivity contribution is 14.0. The Morgan fingerprint density at radius 3 is 2.41 bits per heavy atom. The van der Waals surface area contributed by atoms with Gasteiger partial charge in [0.05, 0.1) is 0 Å². The molecule has 0 aromatic carbocycles. The fourth-order valence-corrected chi connectivity index (χ4v) is 1.83. The molecule has 128 valence electrons. The largest absolute Gasteiger partial charge is 0.356 e. The number of halogens is 1. The van der Waals surface area contributed by atoms with Crippen LogP contribution in [0, 0.1) is 5.92 Å². The van der Waals surface area contributed by atoms with E-state index in [-0.39, 0.29) is 24.0 Å². The van der Waals surface area contributed by atoms with Crippen LogP contribution in [0.4, 0.5) is 0 Å². The van der Waals surface area contributed by atoms with Crippen molar-refractivity contribution in [3.8, 4) is 0 Å². The summed E-state index contributed by atoms with van der Waals surface area (Å²) < 4.78 is 5.20. The number of guanidine groups is 1. The summed E-state index contributed by atoms with van der Waals surface area (Å²) in [4.78, 5) is 8.55. The topological polar surface area (TPSA) is 75.3 Å². The standard InChI is InChI=1S/C15H29N5O.HI/c1-11(2)7-6-9-17-15(16-5)18-10-8-13-19-14(12(3)4)20-21-13;/h11-12H,6-10H2,1-5H3,(H2,16,17,18);1H. The van der Waals surface area contributed by atoms with Gasteiger partial charge in [-0.3, -0.25) is 4.99 Å². The highest BCUT2D eigenvalue weighted by Crippen LogP contribution is 2.09. The van der Waals surface area contributed by atoms with Crippen molar-refractivity contribution in [1.29, 1.82) is 0 Å². The quantitative estimate of drug-likeness (QED) is 0.291. The van der Waals surface area contributed by atoms with Crippen LogP contribution in [0.3, 0.4) is 0 Å². The average Bonchev–Trinajstić information content (AvgIpc) is 2.90. The Morgan fingerprint density at radius 2 is 1.86 bits per heavy atom. The predicted molar refractivity (Wildman–Crippen MR) is 101 cm³/mol. The van der Waals surface area contributed by atoms with Gasteiger partial charge in [0.1, 0.15) is 0 Å². The molecular formula is C15H30IN5O. The number of aromatic nitrogens is 2. The van der Waals surface area contributed by atoms with E-state index in [1.54, 1.807) is 7.05 Å². The van der Waals surface area contributed by atoms with E-state index >= 15 is 0 Å². The lowest BCUT2D eigenvalue weighted by atomic mass is 10.1. The minimum absolute atomic E-state index is 0. The van der Waals surface area contributed by atoms with Crippen molar-refractivity contribution < 1.29 is 4.52 Å². The molecule has 2 N–H and O–H groups in total. The van der Waals surface area contributed by atoms with Crippen LogP contribution in [0.15, 0.2) is 9.52 Å². The van der Waals surface area contributed by atoms with Gasteiger partial charge < -0.3 is 15.2 Å². The molecule has 1 aromatic rings. The first-order valence-corrected chi connectivity index (χ1v) is 7.80. The SMILES string of the molecule is CN=C(NCCCC(C)C)NCCc1nc(C(C)C)no1.I. The molecule has 22 heavy (non-hydrogen) atoms. The van der Waals surface area contributed by atoms with Crippen LogP contribution < -0.4 is 10.6 Å².